The Balaban J connectivity index is 1.43. The van der Waals surface area contributed by atoms with Crippen LogP contribution in [0.2, 0.25) is 0 Å². The quantitative estimate of drug-likeness (QED) is 0.715. The van der Waals surface area contributed by atoms with E-state index in [1.807, 2.05) is 24.3 Å². The lowest BCUT2D eigenvalue weighted by Gasteiger charge is -2.21. The van der Waals surface area contributed by atoms with Crippen molar-refractivity contribution < 1.29 is 0 Å². The molecule has 0 spiro atoms. The summed E-state index contributed by atoms with van der Waals surface area (Å²) < 4.78 is 0. The van der Waals surface area contributed by atoms with Gasteiger partial charge in [-0.05, 0) is 30.4 Å². The first-order chi connectivity index (χ1) is 13.3. The van der Waals surface area contributed by atoms with Crippen LogP contribution in [0.1, 0.15) is 43.4 Å². The molecule has 0 unspecified atom stereocenters. The summed E-state index contributed by atoms with van der Waals surface area (Å²) in [6.07, 6.45) is 8.42. The molecule has 1 aliphatic carbocycles. The standard InChI is InChI=1S/C21H25N5S/c22-19(20-25-18(14-27-20)16-9-5-2-6-10-16)17-11-12-23-21(26-17)24-13-15-7-3-1-4-8-15/h2,5-6,9-12,14-15,25H,1,3-4,7-8,13,22H2,(H,23,24,26)/b20-19+. The molecule has 1 aromatic carbocycles. The average Bonchev–Trinajstić information content (AvgIpc) is 3.24. The molecule has 1 saturated carbocycles. The number of hydrogen-bond acceptors (Lipinski definition) is 6. The van der Waals surface area contributed by atoms with E-state index >= 15 is 0 Å². The van der Waals surface area contributed by atoms with Gasteiger partial charge in [-0.15, -0.1) is 0 Å². The van der Waals surface area contributed by atoms with Crippen molar-refractivity contribution in [2.75, 3.05) is 11.9 Å². The highest BCUT2D eigenvalue weighted by molar-refractivity contribution is 8.06. The SMILES string of the molecule is N/C(=C1\NC(c2ccccc2)=CS1)c1ccnc(NCC2CCCCC2)n1. The van der Waals surface area contributed by atoms with E-state index in [0.717, 1.165) is 34.4 Å². The summed E-state index contributed by atoms with van der Waals surface area (Å²) in [5, 5.41) is 9.79. The summed E-state index contributed by atoms with van der Waals surface area (Å²) in [6.45, 7) is 0.937. The zero-order valence-corrected chi connectivity index (χ0v) is 16.1. The lowest BCUT2D eigenvalue weighted by Crippen LogP contribution is -2.19. The van der Waals surface area contributed by atoms with E-state index < -0.39 is 0 Å². The van der Waals surface area contributed by atoms with Gasteiger partial charge in [0.2, 0.25) is 5.95 Å². The molecule has 1 fully saturated rings. The largest absolute Gasteiger partial charge is 0.395 e. The van der Waals surface area contributed by atoms with Gasteiger partial charge < -0.3 is 16.4 Å². The van der Waals surface area contributed by atoms with Gasteiger partial charge in [0.1, 0.15) is 5.03 Å². The van der Waals surface area contributed by atoms with Crippen molar-refractivity contribution in [2.45, 2.75) is 32.1 Å². The Morgan fingerprint density at radius 1 is 1.15 bits per heavy atom. The van der Waals surface area contributed by atoms with Gasteiger partial charge >= 0.3 is 0 Å². The monoisotopic (exact) mass is 379 g/mol. The molecule has 0 atom stereocenters. The number of nitrogens with two attached hydrogens (primary N) is 1. The van der Waals surface area contributed by atoms with Crippen molar-refractivity contribution in [3.05, 3.63) is 64.3 Å². The fourth-order valence-electron chi connectivity index (χ4n) is 3.52. The highest BCUT2D eigenvalue weighted by Crippen LogP contribution is 2.33. The molecule has 4 rings (SSSR count). The fraction of sp³-hybridized carbons (Fsp3) is 0.333. The van der Waals surface area contributed by atoms with Crippen LogP contribution in [0.4, 0.5) is 5.95 Å². The highest BCUT2D eigenvalue weighted by atomic mass is 32.2. The molecular formula is C21H25N5S. The summed E-state index contributed by atoms with van der Waals surface area (Å²) in [5.41, 5.74) is 9.98. The normalized spacial score (nSPS) is 19.3. The maximum absolute atomic E-state index is 6.39. The molecule has 0 saturated heterocycles. The first kappa shape index (κ1) is 17.9. The Morgan fingerprint density at radius 3 is 2.78 bits per heavy atom. The average molecular weight is 380 g/mol. The number of rotatable bonds is 5. The van der Waals surface area contributed by atoms with Crippen LogP contribution in [-0.4, -0.2) is 16.5 Å². The minimum atomic E-state index is 0.644. The summed E-state index contributed by atoms with van der Waals surface area (Å²) >= 11 is 1.59. The molecule has 0 radical (unpaired) electrons. The second-order valence-electron chi connectivity index (χ2n) is 7.03. The van der Waals surface area contributed by atoms with Gasteiger partial charge in [-0.3, -0.25) is 0 Å². The number of nitrogens with zero attached hydrogens (tertiary/aromatic N) is 2. The minimum Gasteiger partial charge on any atom is -0.395 e. The van der Waals surface area contributed by atoms with Crippen LogP contribution in [0.5, 0.6) is 0 Å². The number of anilines is 1. The van der Waals surface area contributed by atoms with E-state index in [2.05, 4.69) is 38.1 Å². The van der Waals surface area contributed by atoms with Gasteiger partial charge in [0.25, 0.3) is 0 Å². The maximum Gasteiger partial charge on any atom is 0.223 e. The van der Waals surface area contributed by atoms with Crippen molar-refractivity contribution in [2.24, 2.45) is 11.7 Å². The van der Waals surface area contributed by atoms with E-state index in [4.69, 9.17) is 5.73 Å². The lowest BCUT2D eigenvalue weighted by atomic mass is 9.89. The number of nitrogens with one attached hydrogen (secondary N) is 2. The smallest absolute Gasteiger partial charge is 0.223 e. The molecule has 27 heavy (non-hydrogen) atoms. The molecule has 2 aromatic rings. The molecule has 6 heteroatoms. The van der Waals surface area contributed by atoms with Crippen LogP contribution in [0, 0.1) is 5.92 Å². The van der Waals surface area contributed by atoms with Gasteiger partial charge in [-0.25, -0.2) is 9.97 Å². The zero-order chi connectivity index (χ0) is 18.5. The van der Waals surface area contributed by atoms with E-state index in [-0.39, 0.29) is 0 Å². The van der Waals surface area contributed by atoms with Crippen LogP contribution in [0.15, 0.2) is 53.0 Å². The van der Waals surface area contributed by atoms with Crippen molar-refractivity contribution in [1.29, 1.82) is 0 Å². The van der Waals surface area contributed by atoms with Gasteiger partial charge in [-0.1, -0.05) is 61.4 Å². The number of benzene rings is 1. The lowest BCUT2D eigenvalue weighted by molar-refractivity contribution is 0.373. The van der Waals surface area contributed by atoms with Crippen LogP contribution in [-0.2, 0) is 0 Å². The summed E-state index contributed by atoms with van der Waals surface area (Å²) in [6, 6.07) is 12.1. The number of thioether (sulfide) groups is 1. The number of hydrogen-bond donors (Lipinski definition) is 3. The molecule has 4 N–H and O–H groups in total. The predicted molar refractivity (Wildman–Crippen MR) is 113 cm³/mol. The fourth-order valence-corrected chi connectivity index (χ4v) is 4.36. The van der Waals surface area contributed by atoms with E-state index in [1.165, 1.54) is 32.1 Å². The van der Waals surface area contributed by atoms with Crippen LogP contribution in [0.3, 0.4) is 0 Å². The molecule has 1 aromatic heterocycles. The summed E-state index contributed by atoms with van der Waals surface area (Å²) in [5.74, 6) is 1.38. The molecule has 0 amide bonds. The van der Waals surface area contributed by atoms with Crippen molar-refractivity contribution in [1.82, 2.24) is 15.3 Å². The van der Waals surface area contributed by atoms with E-state index in [9.17, 15) is 0 Å². The summed E-state index contributed by atoms with van der Waals surface area (Å²) in [7, 11) is 0. The molecule has 2 heterocycles. The predicted octanol–water partition coefficient (Wildman–Crippen LogP) is 4.39. The van der Waals surface area contributed by atoms with Crippen LogP contribution in [0.25, 0.3) is 11.4 Å². The van der Waals surface area contributed by atoms with Gasteiger partial charge in [0, 0.05) is 18.1 Å². The van der Waals surface area contributed by atoms with E-state index in [0.29, 0.717) is 11.6 Å². The number of aromatic nitrogens is 2. The molecular weight excluding hydrogens is 354 g/mol. The Bertz CT molecular complexity index is 841. The van der Waals surface area contributed by atoms with Crippen LogP contribution < -0.4 is 16.4 Å². The van der Waals surface area contributed by atoms with Gasteiger partial charge in [0.05, 0.1) is 17.1 Å². The van der Waals surface area contributed by atoms with E-state index in [1.54, 1.807) is 18.0 Å². The molecule has 2 aliphatic rings. The third kappa shape index (κ3) is 4.45. The second-order valence-corrected chi connectivity index (χ2v) is 7.91. The second kappa shape index (κ2) is 8.48. The van der Waals surface area contributed by atoms with Crippen molar-refractivity contribution in [3.8, 4) is 0 Å². The summed E-state index contributed by atoms with van der Waals surface area (Å²) in [4.78, 5) is 8.97. The third-order valence-corrected chi connectivity index (χ3v) is 5.99. The first-order valence-corrected chi connectivity index (χ1v) is 10.4. The molecule has 140 valence electrons. The Kier molecular flexibility index (Phi) is 5.63. The highest BCUT2D eigenvalue weighted by Gasteiger charge is 2.17. The maximum atomic E-state index is 6.39. The van der Waals surface area contributed by atoms with Crippen LogP contribution >= 0.6 is 11.8 Å². The Labute approximate surface area is 164 Å². The minimum absolute atomic E-state index is 0.644. The first-order valence-electron chi connectivity index (χ1n) is 9.56. The molecule has 0 bridgehead atoms. The molecule has 5 nitrogen and oxygen atoms in total. The van der Waals surface area contributed by atoms with Crippen molar-refractivity contribution >= 4 is 29.1 Å². The molecule has 1 aliphatic heterocycles. The Hall–Kier alpha value is -2.47. The Morgan fingerprint density at radius 2 is 1.96 bits per heavy atom. The van der Waals surface area contributed by atoms with Crippen molar-refractivity contribution in [3.63, 3.8) is 0 Å². The topological polar surface area (TPSA) is 75.9 Å². The zero-order valence-electron chi connectivity index (χ0n) is 15.3. The van der Waals surface area contributed by atoms with Gasteiger partial charge in [-0.2, -0.15) is 0 Å². The third-order valence-electron chi connectivity index (χ3n) is 5.08. The van der Waals surface area contributed by atoms with Gasteiger partial charge in [0.15, 0.2) is 0 Å².